The first-order valence-electron chi connectivity index (χ1n) is 8.11. The van der Waals surface area contributed by atoms with E-state index in [1.54, 1.807) is 23.2 Å². The van der Waals surface area contributed by atoms with Gasteiger partial charge in [0, 0.05) is 26.8 Å². The van der Waals surface area contributed by atoms with Gasteiger partial charge in [-0.1, -0.05) is 0 Å². The molecule has 0 spiro atoms. The smallest absolute Gasteiger partial charge is 0.337 e. The molecular weight excluding hydrogens is 386 g/mol. The summed E-state index contributed by atoms with van der Waals surface area (Å²) in [5, 5.41) is 0. The van der Waals surface area contributed by atoms with Crippen molar-refractivity contribution in [1.29, 1.82) is 0 Å². The number of carbonyl (C=O) groups excluding carboxylic acids is 2. The van der Waals surface area contributed by atoms with Gasteiger partial charge in [-0.25, -0.2) is 27.7 Å². The maximum absolute atomic E-state index is 12.7. The molecule has 0 aliphatic carbocycles. The number of pyridine rings is 1. The Bertz CT molecular complexity index is 954. The molecule has 0 radical (unpaired) electrons. The third kappa shape index (κ3) is 5.05. The van der Waals surface area contributed by atoms with Crippen LogP contribution < -0.4 is 9.62 Å². The molecule has 0 atom stereocenters. The fourth-order valence-corrected chi connectivity index (χ4v) is 3.39. The van der Waals surface area contributed by atoms with Crippen molar-refractivity contribution in [2.45, 2.75) is 11.4 Å². The highest BCUT2D eigenvalue weighted by atomic mass is 32.2. The summed E-state index contributed by atoms with van der Waals surface area (Å²) in [5.41, 5.74) is 0.536. The maximum Gasteiger partial charge on any atom is 0.337 e. The minimum absolute atomic E-state index is 0.00169. The average molecular weight is 407 g/mol. The lowest BCUT2D eigenvalue weighted by atomic mass is 10.1. The van der Waals surface area contributed by atoms with Gasteiger partial charge in [-0.15, -0.1) is 0 Å². The van der Waals surface area contributed by atoms with Crippen molar-refractivity contribution in [3.63, 3.8) is 0 Å². The summed E-state index contributed by atoms with van der Waals surface area (Å²) < 4.78 is 37.1. The van der Waals surface area contributed by atoms with Crippen molar-refractivity contribution in [2.24, 2.45) is 0 Å². The number of methoxy groups -OCH3 is 2. The van der Waals surface area contributed by atoms with Gasteiger partial charge in [0.2, 0.25) is 10.0 Å². The van der Waals surface area contributed by atoms with Crippen molar-refractivity contribution in [3.05, 3.63) is 53.2 Å². The molecule has 10 heteroatoms. The maximum atomic E-state index is 12.7. The number of rotatable bonds is 7. The van der Waals surface area contributed by atoms with E-state index < -0.39 is 22.0 Å². The van der Waals surface area contributed by atoms with Crippen LogP contribution in [0.4, 0.5) is 5.82 Å². The van der Waals surface area contributed by atoms with Crippen molar-refractivity contribution >= 4 is 27.8 Å². The van der Waals surface area contributed by atoms with E-state index in [0.717, 1.165) is 26.4 Å². The molecule has 0 aliphatic heterocycles. The van der Waals surface area contributed by atoms with Gasteiger partial charge in [0.05, 0.1) is 30.2 Å². The molecule has 2 rings (SSSR count). The number of hydrogen-bond acceptors (Lipinski definition) is 8. The number of aromatic nitrogens is 1. The van der Waals surface area contributed by atoms with Gasteiger partial charge in [-0.2, -0.15) is 0 Å². The lowest BCUT2D eigenvalue weighted by Crippen LogP contribution is -2.24. The molecule has 0 aliphatic rings. The Morgan fingerprint density at radius 2 is 1.61 bits per heavy atom. The first kappa shape index (κ1) is 21.3. The van der Waals surface area contributed by atoms with E-state index in [2.05, 4.69) is 19.2 Å². The second kappa shape index (κ2) is 8.81. The second-order valence-electron chi connectivity index (χ2n) is 5.97. The predicted molar refractivity (Wildman–Crippen MR) is 102 cm³/mol. The van der Waals surface area contributed by atoms with Gasteiger partial charge in [0.1, 0.15) is 5.82 Å². The minimum atomic E-state index is -4.02. The number of ether oxygens (including phenoxy) is 2. The Morgan fingerprint density at radius 3 is 2.11 bits per heavy atom. The third-order valence-corrected chi connectivity index (χ3v) is 5.17. The minimum Gasteiger partial charge on any atom is -0.465 e. The van der Waals surface area contributed by atoms with Crippen LogP contribution in [0.3, 0.4) is 0 Å². The highest BCUT2D eigenvalue weighted by molar-refractivity contribution is 7.89. The highest BCUT2D eigenvalue weighted by Crippen LogP contribution is 2.18. The van der Waals surface area contributed by atoms with E-state index in [-0.39, 0.29) is 22.6 Å². The van der Waals surface area contributed by atoms with Crippen LogP contribution in [0.5, 0.6) is 0 Å². The molecule has 9 nitrogen and oxygen atoms in total. The SMILES string of the molecule is COC(=O)c1cc(C(=O)OC)cc(S(=O)(=O)NCc2ccnc(N(C)C)c2)c1. The molecule has 1 heterocycles. The number of nitrogens with zero attached hydrogens (tertiary/aromatic N) is 2. The quantitative estimate of drug-likeness (QED) is 0.681. The average Bonchev–Trinajstić information content (AvgIpc) is 2.70. The van der Waals surface area contributed by atoms with E-state index in [9.17, 15) is 18.0 Å². The van der Waals surface area contributed by atoms with E-state index >= 15 is 0 Å². The summed E-state index contributed by atoms with van der Waals surface area (Å²) in [7, 11) is 1.94. The summed E-state index contributed by atoms with van der Waals surface area (Å²) >= 11 is 0. The van der Waals surface area contributed by atoms with Crippen molar-refractivity contribution < 1.29 is 27.5 Å². The monoisotopic (exact) mass is 407 g/mol. The van der Waals surface area contributed by atoms with E-state index in [0.29, 0.717) is 11.4 Å². The van der Waals surface area contributed by atoms with Crippen molar-refractivity contribution in [1.82, 2.24) is 9.71 Å². The lowest BCUT2D eigenvalue weighted by molar-refractivity contribution is 0.0598. The fourth-order valence-electron chi connectivity index (χ4n) is 2.30. The van der Waals surface area contributed by atoms with Gasteiger partial charge >= 0.3 is 11.9 Å². The normalized spacial score (nSPS) is 11.0. The Morgan fingerprint density at radius 1 is 1.04 bits per heavy atom. The molecule has 2 aromatic rings. The number of hydrogen-bond donors (Lipinski definition) is 1. The van der Waals surface area contributed by atoms with Crippen LogP contribution in [0, 0.1) is 0 Å². The zero-order valence-corrected chi connectivity index (χ0v) is 16.7. The van der Waals surface area contributed by atoms with Crippen molar-refractivity contribution in [3.8, 4) is 0 Å². The summed E-state index contributed by atoms with van der Waals surface area (Å²) in [6.07, 6.45) is 1.58. The molecule has 0 unspecified atom stereocenters. The molecule has 1 aromatic heterocycles. The van der Waals surface area contributed by atoms with Crippen LogP contribution in [0.1, 0.15) is 26.3 Å². The summed E-state index contributed by atoms with van der Waals surface area (Å²) in [5.74, 6) is -0.865. The van der Waals surface area contributed by atoms with Gasteiger partial charge in [0.25, 0.3) is 0 Å². The lowest BCUT2D eigenvalue weighted by Gasteiger charge is -2.13. The highest BCUT2D eigenvalue weighted by Gasteiger charge is 2.21. The number of benzene rings is 1. The molecule has 0 saturated heterocycles. The number of carbonyl (C=O) groups is 2. The topological polar surface area (TPSA) is 115 Å². The molecule has 0 bridgehead atoms. The predicted octanol–water partition coefficient (Wildman–Crippen LogP) is 1.20. The molecule has 1 aromatic carbocycles. The molecular formula is C18H21N3O6S. The van der Waals surface area contributed by atoms with Crippen molar-refractivity contribution in [2.75, 3.05) is 33.2 Å². The third-order valence-electron chi connectivity index (χ3n) is 3.79. The van der Waals surface area contributed by atoms with Gasteiger partial charge in [0.15, 0.2) is 0 Å². The molecule has 0 amide bonds. The first-order valence-corrected chi connectivity index (χ1v) is 9.60. The van der Waals surface area contributed by atoms with Crippen LogP contribution >= 0.6 is 0 Å². The summed E-state index contributed by atoms with van der Waals surface area (Å²) in [6.45, 7) is 0.00169. The number of sulfonamides is 1. The Hall–Kier alpha value is -2.98. The van der Waals surface area contributed by atoms with Gasteiger partial charge in [-0.05, 0) is 35.9 Å². The van der Waals surface area contributed by atoms with Gasteiger partial charge < -0.3 is 14.4 Å². The van der Waals surface area contributed by atoms with E-state index in [1.165, 1.54) is 6.07 Å². The number of anilines is 1. The standard InChI is InChI=1S/C18H21N3O6S/c1-21(2)16-7-12(5-6-19-16)11-20-28(24,25)15-9-13(17(22)26-3)8-14(10-15)18(23)27-4/h5-10,20H,11H2,1-4H3. The fraction of sp³-hybridized carbons (Fsp3) is 0.278. The zero-order valence-electron chi connectivity index (χ0n) is 15.9. The number of nitrogens with one attached hydrogen (secondary N) is 1. The van der Waals surface area contributed by atoms with E-state index in [4.69, 9.17) is 0 Å². The molecule has 28 heavy (non-hydrogen) atoms. The molecule has 1 N–H and O–H groups in total. The molecule has 0 saturated carbocycles. The summed E-state index contributed by atoms with van der Waals surface area (Å²) in [4.78, 5) is 29.4. The first-order chi connectivity index (χ1) is 13.2. The van der Waals surface area contributed by atoms with Crippen LogP contribution in [0.2, 0.25) is 0 Å². The molecule has 150 valence electrons. The second-order valence-corrected chi connectivity index (χ2v) is 7.74. The molecule has 0 fully saturated rings. The van der Waals surface area contributed by atoms with Crippen LogP contribution in [0.25, 0.3) is 0 Å². The van der Waals surface area contributed by atoms with E-state index in [1.807, 2.05) is 14.1 Å². The van der Waals surface area contributed by atoms with Crippen LogP contribution in [-0.2, 0) is 26.0 Å². The summed E-state index contributed by atoms with van der Waals surface area (Å²) in [6, 6.07) is 6.91. The van der Waals surface area contributed by atoms with Crippen LogP contribution in [0.15, 0.2) is 41.4 Å². The Kier molecular flexibility index (Phi) is 6.71. The zero-order chi connectivity index (χ0) is 20.9. The van der Waals surface area contributed by atoms with Crippen LogP contribution in [-0.4, -0.2) is 53.7 Å². The largest absolute Gasteiger partial charge is 0.465 e. The van der Waals surface area contributed by atoms with Gasteiger partial charge in [-0.3, -0.25) is 0 Å². The Labute approximate surface area is 163 Å². The Balaban J connectivity index is 2.34. The number of esters is 2.